The van der Waals surface area contributed by atoms with Crippen molar-refractivity contribution in [1.29, 1.82) is 0 Å². The summed E-state index contributed by atoms with van der Waals surface area (Å²) in [6.45, 7) is 1.67. The van der Waals surface area contributed by atoms with Gasteiger partial charge in [-0.2, -0.15) is 0 Å². The van der Waals surface area contributed by atoms with Crippen LogP contribution in [0.4, 0.5) is 4.79 Å². The zero-order valence-electron chi connectivity index (χ0n) is 9.52. The number of urea groups is 1. The fourth-order valence-corrected chi connectivity index (χ4v) is 1.53. The predicted octanol–water partition coefficient (Wildman–Crippen LogP) is -0.842. The number of aliphatic hydroxyl groups is 1. The van der Waals surface area contributed by atoms with E-state index in [1.807, 2.05) is 0 Å². The predicted molar refractivity (Wildman–Crippen MR) is 58.6 cm³/mol. The molecule has 1 aliphatic heterocycles. The first kappa shape index (κ1) is 13.7. The standard InChI is InChI=1S/C10H18N2O5/c13-8(9(14)15)6-12-10(16)11-5-7-1-3-17-4-2-7/h7-8,13H,1-6H2,(H,14,15)(H2,11,12,16). The van der Waals surface area contributed by atoms with Gasteiger partial charge in [0.2, 0.25) is 0 Å². The van der Waals surface area contributed by atoms with Crippen LogP contribution in [-0.4, -0.2) is 54.6 Å². The Morgan fingerprint density at radius 3 is 2.53 bits per heavy atom. The minimum atomic E-state index is -1.57. The van der Waals surface area contributed by atoms with Crippen molar-refractivity contribution in [2.45, 2.75) is 18.9 Å². The molecule has 0 aliphatic carbocycles. The van der Waals surface area contributed by atoms with Crippen molar-refractivity contribution < 1.29 is 24.5 Å². The number of carboxylic acids is 1. The van der Waals surface area contributed by atoms with Crippen molar-refractivity contribution in [2.75, 3.05) is 26.3 Å². The number of ether oxygens (including phenoxy) is 1. The highest BCUT2D eigenvalue weighted by Crippen LogP contribution is 2.12. The summed E-state index contributed by atoms with van der Waals surface area (Å²) in [7, 11) is 0. The van der Waals surface area contributed by atoms with E-state index < -0.39 is 18.1 Å². The van der Waals surface area contributed by atoms with Crippen molar-refractivity contribution in [3.05, 3.63) is 0 Å². The maximum absolute atomic E-state index is 11.3. The fourth-order valence-electron chi connectivity index (χ4n) is 1.53. The van der Waals surface area contributed by atoms with Crippen molar-refractivity contribution >= 4 is 12.0 Å². The third-order valence-corrected chi connectivity index (χ3v) is 2.63. The van der Waals surface area contributed by atoms with Crippen molar-refractivity contribution in [1.82, 2.24) is 10.6 Å². The van der Waals surface area contributed by atoms with Gasteiger partial charge in [0, 0.05) is 19.8 Å². The van der Waals surface area contributed by atoms with E-state index in [1.165, 1.54) is 0 Å². The topological polar surface area (TPSA) is 108 Å². The average molecular weight is 246 g/mol. The number of carboxylic acid groups (broad SMARTS) is 1. The molecule has 98 valence electrons. The molecule has 17 heavy (non-hydrogen) atoms. The molecule has 1 heterocycles. The van der Waals surface area contributed by atoms with E-state index in [2.05, 4.69) is 10.6 Å². The monoisotopic (exact) mass is 246 g/mol. The normalized spacial score (nSPS) is 18.4. The number of hydrogen-bond acceptors (Lipinski definition) is 4. The third kappa shape index (κ3) is 5.50. The van der Waals surface area contributed by atoms with Crippen LogP contribution in [0.1, 0.15) is 12.8 Å². The summed E-state index contributed by atoms with van der Waals surface area (Å²) in [5.74, 6) is -0.950. The SMILES string of the molecule is O=C(NCC1CCOCC1)NCC(O)C(=O)O. The summed E-state index contributed by atoms with van der Waals surface area (Å²) in [6.07, 6.45) is 0.264. The summed E-state index contributed by atoms with van der Waals surface area (Å²) < 4.78 is 5.19. The number of aliphatic hydroxyl groups excluding tert-OH is 1. The summed E-state index contributed by atoms with van der Waals surface area (Å²) in [6, 6.07) is -0.461. The first-order valence-electron chi connectivity index (χ1n) is 5.60. The average Bonchev–Trinajstić information content (AvgIpc) is 2.34. The molecule has 7 heteroatoms. The number of hydrogen-bond donors (Lipinski definition) is 4. The molecule has 0 bridgehead atoms. The van der Waals surface area contributed by atoms with Gasteiger partial charge in [0.1, 0.15) is 0 Å². The first-order valence-corrected chi connectivity index (χ1v) is 5.60. The highest BCUT2D eigenvalue weighted by Gasteiger charge is 2.16. The second-order valence-corrected chi connectivity index (χ2v) is 4.00. The number of nitrogens with one attached hydrogen (secondary N) is 2. The molecule has 0 spiro atoms. The Kier molecular flexibility index (Phi) is 5.71. The van der Waals surface area contributed by atoms with E-state index in [0.29, 0.717) is 25.7 Å². The maximum Gasteiger partial charge on any atom is 0.334 e. The summed E-state index contributed by atoms with van der Waals surface area (Å²) in [4.78, 5) is 21.5. The summed E-state index contributed by atoms with van der Waals surface area (Å²) >= 11 is 0. The Labute approximate surface area is 99.1 Å². The molecule has 2 amide bonds. The number of carbonyl (C=O) groups excluding carboxylic acids is 1. The van der Waals surface area contributed by atoms with Crippen LogP contribution in [0.15, 0.2) is 0 Å². The fraction of sp³-hybridized carbons (Fsp3) is 0.800. The molecule has 1 fully saturated rings. The van der Waals surface area contributed by atoms with Crippen LogP contribution in [0.5, 0.6) is 0 Å². The lowest BCUT2D eigenvalue weighted by molar-refractivity contribution is -0.146. The third-order valence-electron chi connectivity index (χ3n) is 2.63. The Balaban J connectivity index is 2.10. The molecule has 0 saturated carbocycles. The quantitative estimate of drug-likeness (QED) is 0.506. The zero-order valence-corrected chi connectivity index (χ0v) is 9.52. The van der Waals surface area contributed by atoms with Gasteiger partial charge in [0.05, 0.1) is 6.54 Å². The molecule has 0 radical (unpaired) electrons. The van der Waals surface area contributed by atoms with Crippen molar-refractivity contribution in [3.63, 3.8) is 0 Å². The summed E-state index contributed by atoms with van der Waals surface area (Å²) in [5, 5.41) is 22.3. The molecular weight excluding hydrogens is 228 g/mol. The lowest BCUT2D eigenvalue weighted by atomic mass is 10.0. The van der Waals surface area contributed by atoms with Gasteiger partial charge in [-0.3, -0.25) is 0 Å². The van der Waals surface area contributed by atoms with Crippen LogP contribution < -0.4 is 10.6 Å². The largest absolute Gasteiger partial charge is 0.479 e. The molecule has 4 N–H and O–H groups in total. The van der Waals surface area contributed by atoms with Crippen molar-refractivity contribution in [2.24, 2.45) is 5.92 Å². The first-order chi connectivity index (χ1) is 8.09. The van der Waals surface area contributed by atoms with Gasteiger partial charge in [-0.15, -0.1) is 0 Å². The van der Waals surface area contributed by atoms with Crippen LogP contribution in [-0.2, 0) is 9.53 Å². The minimum absolute atomic E-state index is 0.297. The lowest BCUT2D eigenvalue weighted by Gasteiger charge is -2.22. The van der Waals surface area contributed by atoms with Gasteiger partial charge in [-0.05, 0) is 18.8 Å². The smallest absolute Gasteiger partial charge is 0.334 e. The molecule has 7 nitrogen and oxygen atoms in total. The zero-order chi connectivity index (χ0) is 12.7. The van der Waals surface area contributed by atoms with E-state index in [-0.39, 0.29) is 6.54 Å². The molecule has 1 rings (SSSR count). The number of amides is 2. The van der Waals surface area contributed by atoms with Crippen LogP contribution in [0, 0.1) is 5.92 Å². The maximum atomic E-state index is 11.3. The number of aliphatic carboxylic acids is 1. The van der Waals surface area contributed by atoms with Crippen molar-refractivity contribution in [3.8, 4) is 0 Å². The number of rotatable bonds is 5. The van der Waals surface area contributed by atoms with Crippen LogP contribution in [0.2, 0.25) is 0 Å². The second kappa shape index (κ2) is 7.08. The molecule has 1 atom stereocenters. The van der Waals surface area contributed by atoms with E-state index in [4.69, 9.17) is 14.9 Å². The van der Waals surface area contributed by atoms with Crippen LogP contribution in [0.3, 0.4) is 0 Å². The molecule has 0 aromatic heterocycles. The Morgan fingerprint density at radius 2 is 1.94 bits per heavy atom. The van der Waals surface area contributed by atoms with E-state index in [9.17, 15) is 9.59 Å². The second-order valence-electron chi connectivity index (χ2n) is 4.00. The Hall–Kier alpha value is -1.34. The highest BCUT2D eigenvalue weighted by atomic mass is 16.5. The lowest BCUT2D eigenvalue weighted by Crippen LogP contribution is -2.43. The van der Waals surface area contributed by atoms with Crippen LogP contribution >= 0.6 is 0 Å². The minimum Gasteiger partial charge on any atom is -0.479 e. The molecule has 1 saturated heterocycles. The molecule has 1 unspecified atom stereocenters. The highest BCUT2D eigenvalue weighted by molar-refractivity contribution is 5.76. The molecule has 1 aliphatic rings. The van der Waals surface area contributed by atoms with Gasteiger partial charge in [0.15, 0.2) is 6.10 Å². The van der Waals surface area contributed by atoms with Gasteiger partial charge < -0.3 is 25.6 Å². The van der Waals surface area contributed by atoms with Gasteiger partial charge in [-0.1, -0.05) is 0 Å². The summed E-state index contributed by atoms with van der Waals surface area (Å²) in [5.41, 5.74) is 0. The molecule has 0 aromatic rings. The van der Waals surface area contributed by atoms with Gasteiger partial charge in [-0.25, -0.2) is 9.59 Å². The van der Waals surface area contributed by atoms with E-state index >= 15 is 0 Å². The number of carbonyl (C=O) groups is 2. The van der Waals surface area contributed by atoms with Crippen LogP contribution in [0.25, 0.3) is 0 Å². The van der Waals surface area contributed by atoms with Gasteiger partial charge >= 0.3 is 12.0 Å². The Morgan fingerprint density at radius 1 is 1.29 bits per heavy atom. The molecular formula is C10H18N2O5. The Bertz CT molecular complexity index is 265. The molecule has 0 aromatic carbocycles. The van der Waals surface area contributed by atoms with E-state index in [1.54, 1.807) is 0 Å². The van der Waals surface area contributed by atoms with E-state index in [0.717, 1.165) is 12.8 Å². The van der Waals surface area contributed by atoms with Gasteiger partial charge in [0.25, 0.3) is 0 Å².